The van der Waals surface area contributed by atoms with Crippen molar-refractivity contribution < 1.29 is 50.5 Å². The molecule has 0 aliphatic carbocycles. The molecule has 0 spiro atoms. The van der Waals surface area contributed by atoms with E-state index in [1.165, 1.54) is 29.5 Å². The van der Waals surface area contributed by atoms with Crippen LogP contribution in [0, 0.1) is 5.92 Å². The minimum absolute atomic E-state index is 0. The maximum Gasteiger partial charge on any atom is 0.218 e. The van der Waals surface area contributed by atoms with E-state index in [9.17, 15) is 50.5 Å². The van der Waals surface area contributed by atoms with Crippen LogP contribution in [0.3, 0.4) is 0 Å². The van der Waals surface area contributed by atoms with Gasteiger partial charge in [-0.25, -0.2) is 76.3 Å². The number of aromatic amines is 5. The van der Waals surface area contributed by atoms with Crippen LogP contribution in [0.1, 0.15) is 172 Å². The van der Waals surface area contributed by atoms with E-state index in [1.54, 1.807) is 50.1 Å². The van der Waals surface area contributed by atoms with Crippen LogP contribution < -0.4 is 22.7 Å². The van der Waals surface area contributed by atoms with Crippen LogP contribution in [0.15, 0.2) is 146 Å². The van der Waals surface area contributed by atoms with Gasteiger partial charge in [0.1, 0.15) is 0 Å². The number of nitrogen functional groups attached to an aromatic ring is 1. The van der Waals surface area contributed by atoms with Gasteiger partial charge >= 0.3 is 0 Å². The van der Waals surface area contributed by atoms with Gasteiger partial charge in [0.25, 0.3) is 0 Å². The lowest BCUT2D eigenvalue weighted by Gasteiger charge is -2.15. The monoisotopic (exact) mass is 2010 g/mol. The molecule has 6 saturated heterocycles. The van der Waals surface area contributed by atoms with Gasteiger partial charge in [0, 0.05) is 195 Å². The molecule has 6 fully saturated rings. The molecule has 0 bridgehead atoms. The molecule has 0 radical (unpaired) electrons. The number of sulfonamides is 6. The number of likely N-dealkylation sites (N-methyl/N-ethyl adjacent to an activating group) is 3. The summed E-state index contributed by atoms with van der Waals surface area (Å²) in [5, 5.41) is 5.58. The second-order valence-corrected chi connectivity index (χ2v) is 49.6. The lowest BCUT2D eigenvalue weighted by Crippen LogP contribution is -2.29. The van der Waals surface area contributed by atoms with Crippen molar-refractivity contribution in [3.05, 3.63) is 207 Å². The summed E-state index contributed by atoms with van der Waals surface area (Å²) in [6.45, 7) is 16.5. The van der Waals surface area contributed by atoms with E-state index >= 15 is 0 Å². The largest absolute Gasteiger partial charge is 0.361 e. The van der Waals surface area contributed by atoms with Crippen LogP contribution in [0.2, 0.25) is 0 Å². The van der Waals surface area contributed by atoms with E-state index in [0.29, 0.717) is 91.6 Å². The Morgan fingerprint density at radius 2 is 0.522 bits per heavy atom. The van der Waals surface area contributed by atoms with Crippen LogP contribution >= 0.6 is 11.6 Å². The fourth-order valence-electron chi connectivity index (χ4n) is 17.7. The Kier molecular flexibility index (Phi) is 42.3. The molecule has 17 rings (SSSR count). The number of nitrogens with zero attached hydrogens (tertiary/aromatic N) is 9. The van der Waals surface area contributed by atoms with Crippen LogP contribution in [0.25, 0.3) is 54.5 Å². The van der Waals surface area contributed by atoms with Gasteiger partial charge in [0.15, 0.2) is 0 Å². The Morgan fingerprint density at radius 1 is 0.324 bits per heavy atom. The zero-order valence-corrected chi connectivity index (χ0v) is 86.0. The topological polar surface area (TPSA) is 403 Å². The zero-order valence-electron chi connectivity index (χ0n) is 80.3. The minimum Gasteiger partial charge on any atom is -0.361 e. The van der Waals surface area contributed by atoms with E-state index in [-0.39, 0.29) is 41.9 Å². The number of rotatable bonds is 35. The number of anilines is 1. The highest BCUT2D eigenvalue weighted by atomic mass is 35.5. The number of hydrogen-bond donors (Lipinski definition) is 9. The third kappa shape index (κ3) is 32.4. The quantitative estimate of drug-likeness (QED) is 0.0101. The highest BCUT2D eigenvalue weighted by Crippen LogP contribution is 2.32. The standard InChI is InChI=1S/3C17H25N3O2S.2C15H21N3O2S.C11H17N3O2S.C6H13Cl.CH4/c3*1-19(2)10-7-15-12-18-17-6-5-14(11-16(15)17)13-23(21,22)20-8-3-4-9-20;2*16-6-5-13-10-17-15-4-3-12(9-14(13)15)11-21(19,20)18-7-1-2-8-18;12-13-11-5-3-10(4-6-11)9-17(15,16)14-7-1-2-8-14;1-6(2)4-3-5-7;/h3*5-6,11-12,18H,3-4,7-10,13H2,1-2H3;2*3-4,9-10,17H,1-2,5-8,11,16H2;3-6,13H,1-2,7-9,12H2;6H,3-5H2,1-2H3;1H4. The Morgan fingerprint density at radius 3 is 0.699 bits per heavy atom. The highest BCUT2D eigenvalue weighted by Gasteiger charge is 2.32. The number of nitrogens with two attached hydrogens (primary N) is 3. The number of benzene rings is 6. The molecule has 0 saturated carbocycles. The van der Waals surface area contributed by atoms with Crippen LogP contribution in [-0.2, 0) is 127 Å². The summed E-state index contributed by atoms with van der Waals surface area (Å²) in [6, 6.07) is 36.6. The van der Waals surface area contributed by atoms with Gasteiger partial charge in [-0.3, -0.25) is 5.84 Å². The fraction of sp³-hybridized carbons (Fsp3) is 0.535. The van der Waals surface area contributed by atoms with E-state index in [0.717, 1.165) is 245 Å². The number of H-pyrrole nitrogens is 5. The number of hydrogen-bond acceptors (Lipinski definition) is 19. The summed E-state index contributed by atoms with van der Waals surface area (Å²) in [4.78, 5) is 22.7. The predicted octanol–water partition coefficient (Wildman–Crippen LogP) is 14.0. The molecule has 752 valence electrons. The number of aromatic nitrogens is 5. The molecule has 6 aliphatic rings. The van der Waals surface area contributed by atoms with Gasteiger partial charge in [-0.1, -0.05) is 63.7 Å². The predicted molar refractivity (Wildman–Crippen MR) is 560 cm³/mol. The maximum atomic E-state index is 12.5. The third-order valence-corrected chi connectivity index (χ3v) is 36.7. The van der Waals surface area contributed by atoms with Gasteiger partial charge in [-0.05, 0) is 317 Å². The molecule has 11 aromatic rings. The van der Waals surface area contributed by atoms with Crippen LogP contribution in [0.5, 0.6) is 0 Å². The Hall–Kier alpha value is -7.67. The molecule has 6 aromatic carbocycles. The van der Waals surface area contributed by atoms with E-state index < -0.39 is 60.1 Å². The smallest absolute Gasteiger partial charge is 0.218 e. The molecule has 11 heterocycles. The molecule has 0 atom stereocenters. The molecule has 136 heavy (non-hydrogen) atoms. The molecule has 6 aliphatic heterocycles. The second kappa shape index (κ2) is 52.2. The number of nitrogens with one attached hydrogen (secondary N) is 6. The second-order valence-electron chi connectivity index (χ2n) is 37.4. The number of hydrazine groups is 1. The molecule has 12 N–H and O–H groups in total. The molecular weight excluding hydrogens is 1860 g/mol. The van der Waals surface area contributed by atoms with Gasteiger partial charge < -0.3 is 56.5 Å². The summed E-state index contributed by atoms with van der Waals surface area (Å²) in [5.41, 5.74) is 30.9. The number of halogens is 1. The first-order chi connectivity index (χ1) is 64.4. The summed E-state index contributed by atoms with van der Waals surface area (Å²) >= 11 is 5.45. The number of alkyl halides is 1. The van der Waals surface area contributed by atoms with E-state index in [2.05, 4.69) is 101 Å². The minimum atomic E-state index is -3.19. The van der Waals surface area contributed by atoms with Crippen molar-refractivity contribution in [3.63, 3.8) is 0 Å². The lowest BCUT2D eigenvalue weighted by atomic mass is 10.1. The molecule has 0 unspecified atom stereocenters. The first-order valence-corrected chi connectivity index (χ1v) is 57.9. The van der Waals surface area contributed by atoms with Crippen LogP contribution in [-0.4, -0.2) is 275 Å². The van der Waals surface area contributed by atoms with Crippen molar-refractivity contribution in [1.82, 2.24) is 65.5 Å². The molecular formula is C99H151ClN18O12S6. The van der Waals surface area contributed by atoms with Crippen molar-refractivity contribution in [3.8, 4) is 0 Å². The number of fused-ring (bicyclic) bond motifs is 5. The zero-order chi connectivity index (χ0) is 97.1. The first kappa shape index (κ1) is 110. The fourth-order valence-corrected chi connectivity index (χ4v) is 27.5. The average Bonchev–Trinajstić information content (AvgIpc) is 1.22. The van der Waals surface area contributed by atoms with Gasteiger partial charge in [0.2, 0.25) is 60.1 Å². The molecule has 30 nitrogen and oxygen atoms in total. The van der Waals surface area contributed by atoms with Crippen molar-refractivity contribution in [2.75, 3.05) is 165 Å². The summed E-state index contributed by atoms with van der Waals surface area (Å²) < 4.78 is 158. The van der Waals surface area contributed by atoms with Gasteiger partial charge in [-0.15, -0.1) is 11.6 Å². The van der Waals surface area contributed by atoms with Gasteiger partial charge in [-0.2, -0.15) is 0 Å². The van der Waals surface area contributed by atoms with Crippen molar-refractivity contribution in [1.29, 1.82) is 0 Å². The molecule has 5 aromatic heterocycles. The Balaban J connectivity index is 0.000000166. The maximum absolute atomic E-state index is 12.5. The van der Waals surface area contributed by atoms with Gasteiger partial charge in [0.05, 0.1) is 34.5 Å². The normalized spacial score (nSPS) is 16.3. The van der Waals surface area contributed by atoms with Crippen molar-refractivity contribution in [2.24, 2.45) is 23.2 Å². The third-order valence-electron chi connectivity index (χ3n) is 25.4. The van der Waals surface area contributed by atoms with E-state index in [4.69, 9.17) is 28.9 Å². The Labute approximate surface area is 815 Å². The SMILES string of the molecule is C.CC(C)CCCCl.CN(C)CCc1c[nH]c2ccc(CS(=O)(=O)N3CCCC3)cc12.CN(C)CCc1c[nH]c2ccc(CS(=O)(=O)N3CCCC3)cc12.CN(C)CCc1c[nH]c2ccc(CS(=O)(=O)N3CCCC3)cc12.NCCc1c[nH]c2ccc(CS(=O)(=O)N3CCCC3)cc12.NCCc1c[nH]c2ccc(CS(=O)(=O)N3CCCC3)cc12.NNc1ccc(CS(=O)(=O)N2CCCC2)cc1. The molecule has 37 heteroatoms. The summed E-state index contributed by atoms with van der Waals surface area (Å²) in [5.74, 6) is 7.41. The lowest BCUT2D eigenvalue weighted by molar-refractivity contribution is 0.414. The van der Waals surface area contributed by atoms with Crippen molar-refractivity contribution >= 4 is 132 Å². The summed E-state index contributed by atoms with van der Waals surface area (Å²) in [6.07, 6.45) is 28.6. The highest BCUT2D eigenvalue weighted by molar-refractivity contribution is 7.89. The summed E-state index contributed by atoms with van der Waals surface area (Å²) in [7, 11) is -6.75. The first-order valence-electron chi connectivity index (χ1n) is 47.7. The average molecular weight is 2010 g/mol. The van der Waals surface area contributed by atoms with Crippen molar-refractivity contribution in [2.45, 2.75) is 178 Å². The molecule has 0 amide bonds. The van der Waals surface area contributed by atoms with Crippen LogP contribution in [0.4, 0.5) is 5.69 Å². The van der Waals surface area contributed by atoms with E-state index in [1.807, 2.05) is 122 Å². The Bertz CT molecular complexity index is 5860.